The van der Waals surface area contributed by atoms with Crippen molar-refractivity contribution in [2.45, 2.75) is 20.3 Å². The highest BCUT2D eigenvalue weighted by Crippen LogP contribution is 2.25. The monoisotopic (exact) mass is 403 g/mol. The number of carbonyl (C=O) groups excluding carboxylic acids is 2. The van der Waals surface area contributed by atoms with Gasteiger partial charge in [-0.05, 0) is 18.3 Å². The first-order valence-corrected chi connectivity index (χ1v) is 11.2. The Morgan fingerprint density at radius 3 is 2.59 bits per heavy atom. The highest BCUT2D eigenvalue weighted by molar-refractivity contribution is 8.00. The first-order valence-electron chi connectivity index (χ1n) is 9.17. The molecule has 0 aliphatic carbocycles. The van der Waals surface area contributed by atoms with Crippen LogP contribution < -0.4 is 5.32 Å². The lowest BCUT2D eigenvalue weighted by molar-refractivity contribution is -0.130. The smallest absolute Gasteiger partial charge is 0.236 e. The molecule has 0 bridgehead atoms. The molecule has 1 aromatic heterocycles. The van der Waals surface area contributed by atoms with Gasteiger partial charge < -0.3 is 10.2 Å². The van der Waals surface area contributed by atoms with Crippen LogP contribution in [0, 0.1) is 11.8 Å². The Morgan fingerprint density at radius 2 is 1.89 bits per heavy atom. The summed E-state index contributed by atoms with van der Waals surface area (Å²) in [5.74, 6) is 1.71. The quantitative estimate of drug-likeness (QED) is 0.792. The second-order valence-corrected chi connectivity index (χ2v) is 9.03. The summed E-state index contributed by atoms with van der Waals surface area (Å²) in [6.07, 6.45) is 1.18. The molecule has 2 heterocycles. The Labute approximate surface area is 168 Å². The van der Waals surface area contributed by atoms with Crippen LogP contribution in [0.2, 0.25) is 0 Å². The highest BCUT2D eigenvalue weighted by atomic mass is 32.2. The molecule has 0 radical (unpaired) electrons. The molecule has 1 saturated heterocycles. The Bertz CT molecular complexity index is 769. The minimum Gasteiger partial charge on any atom is -0.341 e. The molecule has 1 fully saturated rings. The van der Waals surface area contributed by atoms with E-state index in [1.165, 1.54) is 29.5 Å². The standard InChI is InChI=1S/C20H25N3O2S2/c1-14-8-15(2)10-23(9-14)19(25)13-26-12-18(24)22-20-21-17(11-27-20)16-6-4-3-5-7-16/h3-7,11,14-15H,8-10,12-13H2,1-2H3,(H,21,22,24)/t14-,15-/m1/s1. The molecular weight excluding hydrogens is 378 g/mol. The van der Waals surface area contributed by atoms with Crippen LogP contribution in [-0.4, -0.2) is 46.3 Å². The van der Waals surface area contributed by atoms with Gasteiger partial charge >= 0.3 is 0 Å². The van der Waals surface area contributed by atoms with Crippen LogP contribution in [0.25, 0.3) is 11.3 Å². The lowest BCUT2D eigenvalue weighted by Crippen LogP contribution is -2.43. The van der Waals surface area contributed by atoms with E-state index in [1.807, 2.05) is 40.6 Å². The fourth-order valence-electron chi connectivity index (χ4n) is 3.42. The number of piperidine rings is 1. The molecule has 2 atom stereocenters. The average Bonchev–Trinajstić information content (AvgIpc) is 3.10. The van der Waals surface area contributed by atoms with Crippen LogP contribution in [0.1, 0.15) is 20.3 Å². The van der Waals surface area contributed by atoms with Crippen LogP contribution in [0.5, 0.6) is 0 Å². The minimum atomic E-state index is -0.123. The molecular formula is C20H25N3O2S2. The number of nitrogens with one attached hydrogen (secondary N) is 1. The van der Waals surface area contributed by atoms with Gasteiger partial charge in [0.25, 0.3) is 0 Å². The topological polar surface area (TPSA) is 62.3 Å². The van der Waals surface area contributed by atoms with Gasteiger partial charge in [0.05, 0.1) is 17.2 Å². The maximum absolute atomic E-state index is 12.4. The molecule has 1 aliphatic rings. The SMILES string of the molecule is C[C@@H]1C[C@@H](C)CN(C(=O)CSCC(=O)Nc2nc(-c3ccccc3)cs2)C1. The predicted octanol–water partition coefficient (Wildman–Crippen LogP) is 3.99. The summed E-state index contributed by atoms with van der Waals surface area (Å²) in [6, 6.07) is 9.87. The summed E-state index contributed by atoms with van der Waals surface area (Å²) in [6.45, 7) is 6.04. The van der Waals surface area contributed by atoms with Crippen LogP contribution in [-0.2, 0) is 9.59 Å². The van der Waals surface area contributed by atoms with Crippen molar-refractivity contribution in [3.63, 3.8) is 0 Å². The maximum Gasteiger partial charge on any atom is 0.236 e. The molecule has 144 valence electrons. The minimum absolute atomic E-state index is 0.123. The first kappa shape index (κ1) is 19.9. The van der Waals surface area contributed by atoms with E-state index >= 15 is 0 Å². The zero-order valence-corrected chi connectivity index (χ0v) is 17.3. The van der Waals surface area contributed by atoms with Gasteiger partial charge in [-0.15, -0.1) is 23.1 Å². The molecule has 2 aromatic rings. The van der Waals surface area contributed by atoms with Gasteiger partial charge in [0, 0.05) is 24.0 Å². The largest absolute Gasteiger partial charge is 0.341 e. The number of anilines is 1. The van der Waals surface area contributed by atoms with Crippen molar-refractivity contribution in [3.8, 4) is 11.3 Å². The fourth-order valence-corrected chi connectivity index (χ4v) is 4.87. The van der Waals surface area contributed by atoms with Gasteiger partial charge in [-0.2, -0.15) is 0 Å². The maximum atomic E-state index is 12.4. The van der Waals surface area contributed by atoms with E-state index < -0.39 is 0 Å². The number of benzene rings is 1. The van der Waals surface area contributed by atoms with E-state index in [0.717, 1.165) is 24.3 Å². The highest BCUT2D eigenvalue weighted by Gasteiger charge is 2.25. The van der Waals surface area contributed by atoms with Crippen molar-refractivity contribution >= 4 is 40.0 Å². The van der Waals surface area contributed by atoms with E-state index in [1.54, 1.807) is 0 Å². The fraction of sp³-hybridized carbons (Fsp3) is 0.450. The summed E-state index contributed by atoms with van der Waals surface area (Å²) in [5.41, 5.74) is 1.88. The Hall–Kier alpha value is -1.86. The van der Waals surface area contributed by atoms with Gasteiger partial charge in [-0.3, -0.25) is 9.59 Å². The van der Waals surface area contributed by atoms with E-state index in [9.17, 15) is 9.59 Å². The van der Waals surface area contributed by atoms with Gasteiger partial charge in [-0.1, -0.05) is 44.2 Å². The second-order valence-electron chi connectivity index (χ2n) is 7.19. The van der Waals surface area contributed by atoms with Crippen molar-refractivity contribution in [1.82, 2.24) is 9.88 Å². The molecule has 0 spiro atoms. The van der Waals surface area contributed by atoms with E-state index in [2.05, 4.69) is 24.1 Å². The molecule has 0 saturated carbocycles. The van der Waals surface area contributed by atoms with Crippen molar-refractivity contribution in [3.05, 3.63) is 35.7 Å². The second kappa shape index (κ2) is 9.37. The van der Waals surface area contributed by atoms with Crippen molar-refractivity contribution in [2.75, 3.05) is 29.9 Å². The molecule has 0 unspecified atom stereocenters. The average molecular weight is 404 g/mol. The van der Waals surface area contributed by atoms with E-state index in [0.29, 0.717) is 22.7 Å². The molecule has 5 nitrogen and oxygen atoms in total. The number of likely N-dealkylation sites (tertiary alicyclic amines) is 1. The number of nitrogens with zero attached hydrogens (tertiary/aromatic N) is 2. The van der Waals surface area contributed by atoms with Gasteiger partial charge in [0.15, 0.2) is 5.13 Å². The number of hydrogen-bond donors (Lipinski definition) is 1. The normalized spacial score (nSPS) is 19.7. The van der Waals surface area contributed by atoms with E-state index in [4.69, 9.17) is 0 Å². The third kappa shape index (κ3) is 5.81. The third-order valence-corrected chi connectivity index (χ3v) is 6.18. The van der Waals surface area contributed by atoms with Crippen LogP contribution in [0.3, 0.4) is 0 Å². The zero-order valence-electron chi connectivity index (χ0n) is 15.7. The number of hydrogen-bond acceptors (Lipinski definition) is 5. The zero-order chi connectivity index (χ0) is 19.2. The summed E-state index contributed by atoms with van der Waals surface area (Å²) in [5, 5.41) is 5.34. The van der Waals surface area contributed by atoms with Crippen molar-refractivity contribution in [1.29, 1.82) is 0 Å². The summed E-state index contributed by atoms with van der Waals surface area (Å²) >= 11 is 2.77. The Kier molecular flexibility index (Phi) is 6.90. The van der Waals surface area contributed by atoms with Crippen LogP contribution >= 0.6 is 23.1 Å². The van der Waals surface area contributed by atoms with Gasteiger partial charge in [0.1, 0.15) is 0 Å². The summed E-state index contributed by atoms with van der Waals surface area (Å²) in [4.78, 5) is 30.9. The number of aromatic nitrogens is 1. The van der Waals surface area contributed by atoms with Gasteiger partial charge in [-0.25, -0.2) is 4.98 Å². The number of thiazole rings is 1. The summed E-state index contributed by atoms with van der Waals surface area (Å²) < 4.78 is 0. The molecule has 27 heavy (non-hydrogen) atoms. The number of thioether (sulfide) groups is 1. The summed E-state index contributed by atoms with van der Waals surface area (Å²) in [7, 11) is 0. The van der Waals surface area contributed by atoms with E-state index in [-0.39, 0.29) is 17.6 Å². The number of carbonyl (C=O) groups is 2. The molecule has 1 N–H and O–H groups in total. The van der Waals surface area contributed by atoms with Crippen molar-refractivity contribution in [2.24, 2.45) is 11.8 Å². The molecule has 7 heteroatoms. The molecule has 3 rings (SSSR count). The van der Waals surface area contributed by atoms with Crippen LogP contribution in [0.15, 0.2) is 35.7 Å². The molecule has 1 aliphatic heterocycles. The predicted molar refractivity (Wildman–Crippen MR) is 113 cm³/mol. The molecule has 1 aromatic carbocycles. The molecule has 2 amide bonds. The lowest BCUT2D eigenvalue weighted by atomic mass is 9.92. The first-order chi connectivity index (χ1) is 13.0. The van der Waals surface area contributed by atoms with Crippen molar-refractivity contribution < 1.29 is 9.59 Å². The lowest BCUT2D eigenvalue weighted by Gasteiger charge is -2.35. The Balaban J connectivity index is 1.42. The number of amides is 2. The Morgan fingerprint density at radius 1 is 1.19 bits per heavy atom. The third-order valence-electron chi connectivity index (χ3n) is 4.50. The van der Waals surface area contributed by atoms with Crippen LogP contribution in [0.4, 0.5) is 5.13 Å². The number of rotatable bonds is 6. The van der Waals surface area contributed by atoms with Gasteiger partial charge in [0.2, 0.25) is 11.8 Å².